The van der Waals surface area contributed by atoms with Crippen LogP contribution in [0.3, 0.4) is 0 Å². The summed E-state index contributed by atoms with van der Waals surface area (Å²) in [5, 5.41) is 18.9. The summed E-state index contributed by atoms with van der Waals surface area (Å²) in [5.74, 6) is -1.72. The summed E-state index contributed by atoms with van der Waals surface area (Å²) < 4.78 is 127. The van der Waals surface area contributed by atoms with Gasteiger partial charge in [-0.1, -0.05) is 6.92 Å². The highest BCUT2D eigenvalue weighted by Crippen LogP contribution is 2.45. The third kappa shape index (κ3) is 7.50. The molecule has 2 unspecified atom stereocenters. The van der Waals surface area contributed by atoms with Gasteiger partial charge in [0.05, 0.1) is 53.0 Å². The van der Waals surface area contributed by atoms with Crippen molar-refractivity contribution in [1.29, 1.82) is 5.26 Å². The first-order valence-electron chi connectivity index (χ1n) is 13.8. The van der Waals surface area contributed by atoms with E-state index in [1.165, 1.54) is 6.92 Å². The van der Waals surface area contributed by atoms with Crippen molar-refractivity contribution >= 4 is 11.8 Å². The highest BCUT2D eigenvalue weighted by Gasteiger charge is 2.50. The zero-order valence-electron chi connectivity index (χ0n) is 24.3. The van der Waals surface area contributed by atoms with Crippen molar-refractivity contribution in [2.24, 2.45) is 5.73 Å². The van der Waals surface area contributed by atoms with Crippen LogP contribution in [0.2, 0.25) is 0 Å². The van der Waals surface area contributed by atoms with E-state index < -0.39 is 71.4 Å². The summed E-state index contributed by atoms with van der Waals surface area (Å²) in [6.45, 7) is 1.39. The summed E-state index contributed by atoms with van der Waals surface area (Å²) in [6, 6.07) is 4.36. The number of ether oxygens (including phenoxy) is 1. The number of alkyl halides is 9. The van der Waals surface area contributed by atoms with Crippen molar-refractivity contribution in [3.8, 4) is 11.8 Å². The van der Waals surface area contributed by atoms with Gasteiger partial charge in [-0.15, -0.1) is 0 Å². The first-order chi connectivity index (χ1) is 21.8. The van der Waals surface area contributed by atoms with E-state index in [1.54, 1.807) is 0 Å². The van der Waals surface area contributed by atoms with Gasteiger partial charge in [-0.05, 0) is 48.7 Å². The summed E-state index contributed by atoms with van der Waals surface area (Å²) in [7, 11) is 0. The van der Waals surface area contributed by atoms with Crippen LogP contribution in [0.4, 0.5) is 50.0 Å². The van der Waals surface area contributed by atoms with E-state index in [0.29, 0.717) is 23.1 Å². The maximum atomic E-state index is 13.6. The number of carboxylic acid groups (broad SMARTS) is 1. The summed E-state index contributed by atoms with van der Waals surface area (Å²) in [5.41, 5.74) is -0.946. The fraction of sp³-hybridized carbons (Fsp3) is 0.414. The van der Waals surface area contributed by atoms with Crippen molar-refractivity contribution in [3.05, 3.63) is 76.1 Å². The van der Waals surface area contributed by atoms with E-state index in [-0.39, 0.29) is 60.6 Å². The average Bonchev–Trinajstić information content (AvgIpc) is 2.97. The minimum atomic E-state index is -5.14. The molecule has 18 heteroatoms. The minimum absolute atomic E-state index is 0.0413. The molecular weight excluding hydrogens is 651 g/mol. The molecule has 47 heavy (non-hydrogen) atoms. The molecule has 3 aromatic rings. The number of hydrogen-bond donors (Lipinski definition) is 2. The van der Waals surface area contributed by atoms with Crippen molar-refractivity contribution < 1.29 is 54.2 Å². The lowest BCUT2D eigenvalue weighted by atomic mass is 9.80. The SMILES string of the molecule is CCC1(N)C(c2ncc(OCCCC#N)c(Cc3cc(C(F)(F)F)cc(C(F)(F)F)c3)n2)Cc2nc(C(F)(F)F)ccc2N1C(=O)O. The Balaban J connectivity index is 1.87. The number of nitrogens with zero attached hydrogens (tertiary/aromatic N) is 5. The Morgan fingerprint density at radius 1 is 1.06 bits per heavy atom. The number of aromatic nitrogens is 3. The van der Waals surface area contributed by atoms with Crippen LogP contribution in [-0.4, -0.2) is 38.4 Å². The summed E-state index contributed by atoms with van der Waals surface area (Å²) in [4.78, 5) is 25.2. The van der Waals surface area contributed by atoms with Gasteiger partial charge >= 0.3 is 24.6 Å². The Morgan fingerprint density at radius 2 is 1.70 bits per heavy atom. The minimum Gasteiger partial charge on any atom is -0.490 e. The molecule has 0 spiro atoms. The lowest BCUT2D eigenvalue weighted by Crippen LogP contribution is -2.64. The number of benzene rings is 1. The third-order valence-electron chi connectivity index (χ3n) is 7.53. The second-order valence-electron chi connectivity index (χ2n) is 10.6. The molecule has 2 atom stereocenters. The van der Waals surface area contributed by atoms with Crippen LogP contribution in [-0.2, 0) is 31.4 Å². The lowest BCUT2D eigenvalue weighted by molar-refractivity contribution is -0.143. The number of unbranched alkanes of at least 4 members (excludes halogenated alkanes) is 1. The molecule has 0 saturated carbocycles. The van der Waals surface area contributed by atoms with E-state index in [9.17, 15) is 49.4 Å². The molecule has 0 aliphatic carbocycles. The van der Waals surface area contributed by atoms with Crippen LogP contribution in [0.15, 0.2) is 36.5 Å². The van der Waals surface area contributed by atoms with Gasteiger partial charge in [0.1, 0.15) is 17.2 Å². The van der Waals surface area contributed by atoms with Gasteiger partial charge in [-0.2, -0.15) is 44.8 Å². The van der Waals surface area contributed by atoms with Gasteiger partial charge in [-0.25, -0.2) is 19.7 Å². The monoisotopic (exact) mass is 676 g/mol. The predicted octanol–water partition coefficient (Wildman–Crippen LogP) is 7.09. The molecule has 0 radical (unpaired) electrons. The number of nitriles is 1. The standard InChI is InChI=1S/C29H25F9N6O3/c1-2-26(40)18(13-19-21(44(26)25(45)46)5-6-23(42-19)29(36,37)38)24-41-14-22(47-8-4-3-7-39)20(43-24)11-15-9-16(27(30,31)32)12-17(10-15)28(33,34)35/h5-6,9-10,12,14,18H,2-4,8,11,13,40H2,1H3,(H,45,46). The molecule has 3 heterocycles. The molecule has 252 valence electrons. The molecular formula is C29H25F9N6O3. The fourth-order valence-electron chi connectivity index (χ4n) is 5.24. The molecule has 1 aliphatic heterocycles. The van der Waals surface area contributed by atoms with E-state index in [0.717, 1.165) is 12.3 Å². The number of hydrogen-bond acceptors (Lipinski definition) is 7. The highest BCUT2D eigenvalue weighted by atomic mass is 19.4. The zero-order valence-corrected chi connectivity index (χ0v) is 24.3. The topological polar surface area (TPSA) is 138 Å². The van der Waals surface area contributed by atoms with Crippen molar-refractivity contribution in [2.75, 3.05) is 11.5 Å². The summed E-state index contributed by atoms with van der Waals surface area (Å²) in [6.07, 6.45) is -16.7. The van der Waals surface area contributed by atoms with Crippen LogP contribution < -0.4 is 15.4 Å². The van der Waals surface area contributed by atoms with Gasteiger partial charge in [0.25, 0.3) is 0 Å². The fourth-order valence-corrected chi connectivity index (χ4v) is 5.24. The Kier molecular flexibility index (Phi) is 9.63. The molecule has 0 fully saturated rings. The smallest absolute Gasteiger partial charge is 0.433 e. The second-order valence-corrected chi connectivity index (χ2v) is 10.6. The summed E-state index contributed by atoms with van der Waals surface area (Å²) >= 11 is 0. The van der Waals surface area contributed by atoms with E-state index in [1.807, 2.05) is 6.07 Å². The number of nitrogens with two attached hydrogens (primary N) is 1. The lowest BCUT2D eigenvalue weighted by Gasteiger charge is -2.47. The number of anilines is 1. The number of halogens is 9. The van der Waals surface area contributed by atoms with Crippen LogP contribution in [0.1, 0.15) is 71.7 Å². The Bertz CT molecular complexity index is 1660. The van der Waals surface area contributed by atoms with E-state index in [2.05, 4.69) is 15.0 Å². The van der Waals surface area contributed by atoms with Gasteiger partial charge < -0.3 is 15.6 Å². The molecule has 3 N–H and O–H groups in total. The Labute approximate surface area is 260 Å². The first-order valence-corrected chi connectivity index (χ1v) is 13.8. The van der Waals surface area contributed by atoms with Crippen molar-refractivity contribution in [2.45, 2.75) is 69.1 Å². The van der Waals surface area contributed by atoms with Crippen LogP contribution >= 0.6 is 0 Å². The van der Waals surface area contributed by atoms with Crippen molar-refractivity contribution in [1.82, 2.24) is 15.0 Å². The quantitative estimate of drug-likeness (QED) is 0.191. The number of amides is 1. The predicted molar refractivity (Wildman–Crippen MR) is 145 cm³/mol. The second kappa shape index (κ2) is 12.9. The number of fused-ring (bicyclic) bond motifs is 1. The molecule has 0 bridgehead atoms. The first kappa shape index (κ1) is 35.2. The van der Waals surface area contributed by atoms with Gasteiger partial charge in [-0.3, -0.25) is 4.90 Å². The molecule has 1 aliphatic rings. The number of carbonyl (C=O) groups is 1. The molecule has 1 amide bonds. The molecule has 1 aromatic carbocycles. The maximum absolute atomic E-state index is 13.6. The van der Waals surface area contributed by atoms with Crippen LogP contribution in [0, 0.1) is 11.3 Å². The van der Waals surface area contributed by atoms with Gasteiger partial charge in [0.2, 0.25) is 0 Å². The van der Waals surface area contributed by atoms with Crippen molar-refractivity contribution in [3.63, 3.8) is 0 Å². The average molecular weight is 677 g/mol. The maximum Gasteiger partial charge on any atom is 0.433 e. The number of rotatable bonds is 8. The van der Waals surface area contributed by atoms with Crippen LogP contribution in [0.5, 0.6) is 5.75 Å². The molecule has 9 nitrogen and oxygen atoms in total. The van der Waals surface area contributed by atoms with Gasteiger partial charge in [0, 0.05) is 19.3 Å². The van der Waals surface area contributed by atoms with E-state index in [4.69, 9.17) is 15.7 Å². The molecule has 0 saturated heterocycles. The van der Waals surface area contributed by atoms with E-state index >= 15 is 0 Å². The molecule has 2 aromatic heterocycles. The van der Waals surface area contributed by atoms with Gasteiger partial charge in [0.15, 0.2) is 5.75 Å². The van der Waals surface area contributed by atoms with Crippen LogP contribution in [0.25, 0.3) is 0 Å². The normalized spacial score (nSPS) is 18.4. The number of pyridine rings is 1. The Hall–Kier alpha value is -4.66. The third-order valence-corrected chi connectivity index (χ3v) is 7.53. The highest BCUT2D eigenvalue weighted by molar-refractivity contribution is 5.89. The largest absolute Gasteiger partial charge is 0.490 e. The molecule has 4 rings (SSSR count). The zero-order chi connectivity index (χ0) is 34.9. The Morgan fingerprint density at radius 3 is 2.23 bits per heavy atom.